The van der Waals surface area contributed by atoms with E-state index in [4.69, 9.17) is 17.3 Å². The third kappa shape index (κ3) is 3.10. The fourth-order valence-electron chi connectivity index (χ4n) is 1.99. The predicted octanol–water partition coefficient (Wildman–Crippen LogP) is 2.65. The molecule has 0 aliphatic rings. The predicted molar refractivity (Wildman–Crippen MR) is 72.4 cm³/mol. The lowest BCUT2D eigenvalue weighted by atomic mass is 9.90. The van der Waals surface area contributed by atoms with E-state index in [2.05, 4.69) is 4.98 Å². The molecule has 1 aromatic carbocycles. The number of pyridine rings is 1. The molecule has 1 aromatic heterocycles. The second-order valence-electron chi connectivity index (χ2n) is 4.24. The first-order valence-electron chi connectivity index (χ1n) is 5.86. The number of aromatic nitrogens is 1. The van der Waals surface area contributed by atoms with Gasteiger partial charge in [-0.15, -0.1) is 0 Å². The summed E-state index contributed by atoms with van der Waals surface area (Å²) in [7, 11) is 0. The number of aliphatic hydroxyl groups is 1. The first-order chi connectivity index (χ1) is 9.13. The summed E-state index contributed by atoms with van der Waals surface area (Å²) in [6, 6.07) is 7.83. The Balaban J connectivity index is 2.30. The quantitative estimate of drug-likeness (QED) is 0.905. The second-order valence-corrected chi connectivity index (χ2v) is 4.65. The zero-order valence-corrected chi connectivity index (χ0v) is 10.9. The molecule has 0 saturated heterocycles. The Bertz CT molecular complexity index is 550. The molecular formula is C14H14ClFN2O. The summed E-state index contributed by atoms with van der Waals surface area (Å²) in [6.45, 7) is 0.245. The molecule has 0 aliphatic heterocycles. The molecule has 1 heterocycles. The van der Waals surface area contributed by atoms with Crippen molar-refractivity contribution in [1.82, 2.24) is 4.98 Å². The van der Waals surface area contributed by atoms with Crippen molar-refractivity contribution in [2.24, 2.45) is 5.73 Å². The van der Waals surface area contributed by atoms with Gasteiger partial charge in [-0.3, -0.25) is 4.98 Å². The Morgan fingerprint density at radius 2 is 1.89 bits per heavy atom. The van der Waals surface area contributed by atoms with Crippen LogP contribution in [-0.2, 0) is 0 Å². The van der Waals surface area contributed by atoms with E-state index in [0.717, 1.165) is 5.56 Å². The van der Waals surface area contributed by atoms with Crippen LogP contribution in [0.4, 0.5) is 4.39 Å². The number of halogens is 2. The molecule has 0 saturated carbocycles. The molecule has 0 radical (unpaired) electrons. The third-order valence-electron chi connectivity index (χ3n) is 3.05. The van der Waals surface area contributed by atoms with Gasteiger partial charge in [0.05, 0.1) is 11.1 Å². The van der Waals surface area contributed by atoms with Crippen LogP contribution >= 0.6 is 11.6 Å². The van der Waals surface area contributed by atoms with E-state index >= 15 is 0 Å². The molecule has 5 heteroatoms. The maximum atomic E-state index is 13.4. The summed E-state index contributed by atoms with van der Waals surface area (Å²) in [5.41, 5.74) is 7.03. The molecule has 0 spiro atoms. The normalized spacial score (nSPS) is 14.1. The van der Waals surface area contributed by atoms with Gasteiger partial charge in [0.25, 0.3) is 0 Å². The zero-order chi connectivity index (χ0) is 13.8. The topological polar surface area (TPSA) is 59.1 Å². The van der Waals surface area contributed by atoms with E-state index in [1.54, 1.807) is 30.6 Å². The zero-order valence-electron chi connectivity index (χ0n) is 10.1. The van der Waals surface area contributed by atoms with Crippen molar-refractivity contribution < 1.29 is 9.50 Å². The lowest BCUT2D eigenvalue weighted by molar-refractivity contribution is 0.147. The van der Waals surface area contributed by atoms with Crippen LogP contribution in [0.3, 0.4) is 0 Å². The highest BCUT2D eigenvalue weighted by Crippen LogP contribution is 2.31. The molecule has 0 amide bonds. The van der Waals surface area contributed by atoms with E-state index < -0.39 is 11.9 Å². The minimum absolute atomic E-state index is 0.0316. The molecule has 2 aromatic rings. The highest BCUT2D eigenvalue weighted by Gasteiger charge is 2.22. The molecule has 3 nitrogen and oxygen atoms in total. The lowest BCUT2D eigenvalue weighted by Crippen LogP contribution is -2.20. The molecule has 2 unspecified atom stereocenters. The van der Waals surface area contributed by atoms with Crippen LogP contribution in [-0.4, -0.2) is 16.6 Å². The molecule has 19 heavy (non-hydrogen) atoms. The Hall–Kier alpha value is -1.49. The Kier molecular flexibility index (Phi) is 4.47. The largest absolute Gasteiger partial charge is 0.388 e. The average Bonchev–Trinajstić information content (AvgIpc) is 2.44. The van der Waals surface area contributed by atoms with Crippen molar-refractivity contribution in [3.8, 4) is 0 Å². The van der Waals surface area contributed by atoms with Gasteiger partial charge in [-0.25, -0.2) is 4.39 Å². The Morgan fingerprint density at radius 3 is 2.47 bits per heavy atom. The van der Waals surface area contributed by atoms with Crippen LogP contribution in [0.1, 0.15) is 23.1 Å². The van der Waals surface area contributed by atoms with Crippen molar-refractivity contribution in [2.75, 3.05) is 6.54 Å². The van der Waals surface area contributed by atoms with Crippen molar-refractivity contribution in [2.45, 2.75) is 12.0 Å². The number of nitrogens with two attached hydrogens (primary N) is 1. The maximum Gasteiger partial charge on any atom is 0.142 e. The maximum absolute atomic E-state index is 13.4. The minimum atomic E-state index is -0.890. The fourth-order valence-corrected chi connectivity index (χ4v) is 2.10. The molecule has 0 bridgehead atoms. The van der Waals surface area contributed by atoms with Gasteiger partial charge in [0.2, 0.25) is 0 Å². The summed E-state index contributed by atoms with van der Waals surface area (Å²) < 4.78 is 13.4. The van der Waals surface area contributed by atoms with Crippen LogP contribution in [0, 0.1) is 5.82 Å². The van der Waals surface area contributed by atoms with Gasteiger partial charge in [-0.1, -0.05) is 17.7 Å². The monoisotopic (exact) mass is 280 g/mol. The van der Waals surface area contributed by atoms with Crippen molar-refractivity contribution in [1.29, 1.82) is 0 Å². The van der Waals surface area contributed by atoms with Gasteiger partial charge in [0, 0.05) is 24.9 Å². The van der Waals surface area contributed by atoms with E-state index in [-0.39, 0.29) is 17.5 Å². The summed E-state index contributed by atoms with van der Waals surface area (Å²) in [5.74, 6) is -0.868. The van der Waals surface area contributed by atoms with Crippen LogP contribution in [0.15, 0.2) is 42.7 Å². The summed E-state index contributed by atoms with van der Waals surface area (Å²) in [4.78, 5) is 3.92. The standard InChI is InChI=1S/C14H14ClFN2O/c15-12-2-1-10(7-13(12)16)14(19)11(8-17)9-3-5-18-6-4-9/h1-7,11,14,19H,8,17H2. The summed E-state index contributed by atoms with van der Waals surface area (Å²) in [6.07, 6.45) is 2.37. The molecule has 3 N–H and O–H groups in total. The molecular weight excluding hydrogens is 267 g/mol. The highest BCUT2D eigenvalue weighted by atomic mass is 35.5. The van der Waals surface area contributed by atoms with E-state index in [9.17, 15) is 9.50 Å². The van der Waals surface area contributed by atoms with Crippen LogP contribution in [0.2, 0.25) is 5.02 Å². The number of rotatable bonds is 4. The number of hydrogen-bond donors (Lipinski definition) is 2. The van der Waals surface area contributed by atoms with Crippen molar-refractivity contribution in [3.05, 3.63) is 64.7 Å². The van der Waals surface area contributed by atoms with E-state index in [0.29, 0.717) is 5.56 Å². The SMILES string of the molecule is NCC(c1ccncc1)C(O)c1ccc(Cl)c(F)c1. The van der Waals surface area contributed by atoms with Gasteiger partial charge in [0.1, 0.15) is 5.82 Å². The van der Waals surface area contributed by atoms with Crippen LogP contribution < -0.4 is 5.73 Å². The fraction of sp³-hybridized carbons (Fsp3) is 0.214. The molecule has 0 fully saturated rings. The van der Waals surface area contributed by atoms with Crippen LogP contribution in [0.25, 0.3) is 0 Å². The van der Waals surface area contributed by atoms with Gasteiger partial charge in [-0.2, -0.15) is 0 Å². The third-order valence-corrected chi connectivity index (χ3v) is 3.36. The highest BCUT2D eigenvalue weighted by molar-refractivity contribution is 6.30. The van der Waals surface area contributed by atoms with Gasteiger partial charge >= 0.3 is 0 Å². The smallest absolute Gasteiger partial charge is 0.142 e. The Morgan fingerprint density at radius 1 is 1.21 bits per heavy atom. The first-order valence-corrected chi connectivity index (χ1v) is 6.24. The molecule has 0 aliphatic carbocycles. The van der Waals surface area contributed by atoms with Gasteiger partial charge in [-0.05, 0) is 35.4 Å². The number of aliphatic hydroxyl groups excluding tert-OH is 1. The summed E-state index contributed by atoms with van der Waals surface area (Å²) >= 11 is 5.63. The lowest BCUT2D eigenvalue weighted by Gasteiger charge is -2.22. The van der Waals surface area contributed by atoms with Crippen LogP contribution in [0.5, 0.6) is 0 Å². The van der Waals surface area contributed by atoms with E-state index in [1.165, 1.54) is 12.1 Å². The first kappa shape index (κ1) is 13.9. The Labute approximate surface area is 115 Å². The molecule has 2 rings (SSSR count). The van der Waals surface area contributed by atoms with Crippen molar-refractivity contribution >= 4 is 11.6 Å². The second kappa shape index (κ2) is 6.10. The molecule has 2 atom stereocenters. The van der Waals surface area contributed by atoms with Gasteiger partial charge in [0.15, 0.2) is 0 Å². The number of hydrogen-bond acceptors (Lipinski definition) is 3. The van der Waals surface area contributed by atoms with Gasteiger partial charge < -0.3 is 10.8 Å². The number of nitrogens with zero attached hydrogens (tertiary/aromatic N) is 1. The van der Waals surface area contributed by atoms with E-state index in [1.807, 2.05) is 0 Å². The average molecular weight is 281 g/mol. The molecule has 100 valence electrons. The van der Waals surface area contributed by atoms with Crippen molar-refractivity contribution in [3.63, 3.8) is 0 Å². The number of benzene rings is 1. The summed E-state index contributed by atoms with van der Waals surface area (Å²) in [5, 5.41) is 10.4. The minimum Gasteiger partial charge on any atom is -0.388 e.